The molecule has 82 valence electrons. The topological polar surface area (TPSA) is 30.2 Å². The highest BCUT2D eigenvalue weighted by Crippen LogP contribution is 2.21. The van der Waals surface area contributed by atoms with Crippen LogP contribution in [0.1, 0.15) is 16.1 Å². The molecule has 1 aromatic carbocycles. The molecule has 0 spiro atoms. The second-order valence-electron chi connectivity index (χ2n) is 3.28. The van der Waals surface area contributed by atoms with Gasteiger partial charge in [0.2, 0.25) is 0 Å². The standard InChI is InChI=1S/C12H8BrFO2/c13-9-4-1-5-10(14)12(9)11(15)7-8-3-2-6-16-8/h1-6H,7H2. The second kappa shape index (κ2) is 4.61. The van der Waals surface area contributed by atoms with Gasteiger partial charge >= 0.3 is 0 Å². The Kier molecular flexibility index (Phi) is 3.19. The summed E-state index contributed by atoms with van der Waals surface area (Å²) in [6.07, 6.45) is 1.55. The van der Waals surface area contributed by atoms with Crippen molar-refractivity contribution in [2.24, 2.45) is 0 Å². The van der Waals surface area contributed by atoms with Crippen molar-refractivity contribution in [2.75, 3.05) is 0 Å². The molecule has 2 nitrogen and oxygen atoms in total. The van der Waals surface area contributed by atoms with Crippen LogP contribution in [0.2, 0.25) is 0 Å². The Morgan fingerprint density at radius 3 is 2.75 bits per heavy atom. The third-order valence-electron chi connectivity index (χ3n) is 2.16. The molecule has 0 saturated heterocycles. The van der Waals surface area contributed by atoms with Gasteiger partial charge in [-0.05, 0) is 40.2 Å². The molecule has 0 radical (unpaired) electrons. The zero-order valence-electron chi connectivity index (χ0n) is 8.24. The van der Waals surface area contributed by atoms with Crippen molar-refractivity contribution in [2.45, 2.75) is 6.42 Å². The van der Waals surface area contributed by atoms with E-state index in [0.29, 0.717) is 10.2 Å². The molecular weight excluding hydrogens is 275 g/mol. The number of hydrogen-bond donors (Lipinski definition) is 0. The van der Waals surface area contributed by atoms with E-state index >= 15 is 0 Å². The number of carbonyl (C=O) groups is 1. The maximum Gasteiger partial charge on any atom is 0.174 e. The van der Waals surface area contributed by atoms with Gasteiger partial charge in [-0.3, -0.25) is 4.79 Å². The molecule has 0 aliphatic rings. The predicted octanol–water partition coefficient (Wildman–Crippen LogP) is 3.61. The largest absolute Gasteiger partial charge is 0.469 e. The minimum atomic E-state index is -0.522. The molecule has 1 aromatic heterocycles. The Morgan fingerprint density at radius 1 is 1.31 bits per heavy atom. The number of carbonyl (C=O) groups excluding carboxylic acids is 1. The van der Waals surface area contributed by atoms with Gasteiger partial charge in [-0.25, -0.2) is 4.39 Å². The predicted molar refractivity (Wildman–Crippen MR) is 60.8 cm³/mol. The summed E-state index contributed by atoms with van der Waals surface area (Å²) in [7, 11) is 0. The van der Waals surface area contributed by atoms with Gasteiger partial charge in [0.05, 0.1) is 18.2 Å². The fourth-order valence-corrected chi connectivity index (χ4v) is 1.99. The lowest BCUT2D eigenvalue weighted by molar-refractivity contribution is 0.0982. The Morgan fingerprint density at radius 2 is 2.12 bits per heavy atom. The van der Waals surface area contributed by atoms with E-state index in [0.717, 1.165) is 0 Å². The molecule has 16 heavy (non-hydrogen) atoms. The fourth-order valence-electron chi connectivity index (χ4n) is 1.42. The van der Waals surface area contributed by atoms with Crippen molar-refractivity contribution >= 4 is 21.7 Å². The van der Waals surface area contributed by atoms with Gasteiger partial charge in [-0.2, -0.15) is 0 Å². The number of rotatable bonds is 3. The van der Waals surface area contributed by atoms with Crippen LogP contribution in [0.15, 0.2) is 45.5 Å². The minimum absolute atomic E-state index is 0.0620. The van der Waals surface area contributed by atoms with Gasteiger partial charge in [0, 0.05) is 4.47 Å². The van der Waals surface area contributed by atoms with Crippen molar-refractivity contribution in [3.05, 3.63) is 58.2 Å². The smallest absolute Gasteiger partial charge is 0.174 e. The summed E-state index contributed by atoms with van der Waals surface area (Å²) >= 11 is 3.16. The molecule has 0 aliphatic carbocycles. The van der Waals surface area contributed by atoms with Crippen molar-refractivity contribution in [3.8, 4) is 0 Å². The zero-order chi connectivity index (χ0) is 11.5. The quantitative estimate of drug-likeness (QED) is 0.805. The molecule has 0 atom stereocenters. The van der Waals surface area contributed by atoms with Gasteiger partial charge in [0.15, 0.2) is 5.78 Å². The highest BCUT2D eigenvalue weighted by molar-refractivity contribution is 9.10. The summed E-state index contributed by atoms with van der Waals surface area (Å²) in [5, 5.41) is 0. The van der Waals surface area contributed by atoms with E-state index in [1.807, 2.05) is 0 Å². The van der Waals surface area contributed by atoms with Crippen LogP contribution in [0.4, 0.5) is 4.39 Å². The maximum absolute atomic E-state index is 13.4. The average Bonchev–Trinajstić information content (AvgIpc) is 2.70. The lowest BCUT2D eigenvalue weighted by Gasteiger charge is -2.03. The van der Waals surface area contributed by atoms with E-state index in [1.165, 1.54) is 12.3 Å². The fraction of sp³-hybridized carbons (Fsp3) is 0.0833. The summed E-state index contributed by atoms with van der Waals surface area (Å²) in [6, 6.07) is 7.83. The van der Waals surface area contributed by atoms with Crippen LogP contribution in [-0.2, 0) is 6.42 Å². The minimum Gasteiger partial charge on any atom is -0.469 e. The Labute approximate surface area is 100 Å². The number of Topliss-reactive ketones (excluding diaryl/α,β-unsaturated/α-hetero) is 1. The van der Waals surface area contributed by atoms with Crippen molar-refractivity contribution in [3.63, 3.8) is 0 Å². The van der Waals surface area contributed by atoms with E-state index in [4.69, 9.17) is 4.42 Å². The lowest BCUT2D eigenvalue weighted by atomic mass is 10.1. The number of benzene rings is 1. The van der Waals surface area contributed by atoms with E-state index < -0.39 is 5.82 Å². The van der Waals surface area contributed by atoms with E-state index in [1.54, 1.807) is 24.3 Å². The number of hydrogen-bond acceptors (Lipinski definition) is 2. The normalized spacial score (nSPS) is 10.4. The van der Waals surface area contributed by atoms with Crippen LogP contribution in [-0.4, -0.2) is 5.78 Å². The molecular formula is C12H8BrFO2. The van der Waals surface area contributed by atoms with Crippen molar-refractivity contribution in [1.29, 1.82) is 0 Å². The first-order chi connectivity index (χ1) is 7.68. The molecule has 0 saturated carbocycles. The molecule has 2 rings (SSSR count). The summed E-state index contributed by atoms with van der Waals surface area (Å²) in [5.74, 6) is -0.300. The molecule has 0 N–H and O–H groups in total. The van der Waals surface area contributed by atoms with Crippen LogP contribution in [0.3, 0.4) is 0 Å². The maximum atomic E-state index is 13.4. The van der Waals surface area contributed by atoms with Crippen LogP contribution >= 0.6 is 15.9 Å². The monoisotopic (exact) mass is 282 g/mol. The van der Waals surface area contributed by atoms with Gasteiger partial charge in [-0.15, -0.1) is 0 Å². The first kappa shape index (κ1) is 11.1. The first-order valence-corrected chi connectivity index (χ1v) is 5.47. The lowest BCUT2D eigenvalue weighted by Crippen LogP contribution is -2.06. The van der Waals surface area contributed by atoms with Crippen molar-refractivity contribution in [1.82, 2.24) is 0 Å². The van der Waals surface area contributed by atoms with Crippen molar-refractivity contribution < 1.29 is 13.6 Å². The summed E-state index contributed by atoms with van der Waals surface area (Å²) < 4.78 is 19.0. The molecule has 0 fully saturated rings. The van der Waals surface area contributed by atoms with Gasteiger partial charge < -0.3 is 4.42 Å². The molecule has 4 heteroatoms. The highest BCUT2D eigenvalue weighted by atomic mass is 79.9. The first-order valence-electron chi connectivity index (χ1n) is 4.68. The number of halogens is 2. The molecule has 2 aromatic rings. The van der Waals surface area contributed by atoms with E-state index in [-0.39, 0.29) is 17.8 Å². The van der Waals surface area contributed by atoms with Crippen LogP contribution in [0, 0.1) is 5.82 Å². The van der Waals surface area contributed by atoms with Gasteiger partial charge in [-0.1, -0.05) is 6.07 Å². The summed E-state index contributed by atoms with van der Waals surface area (Å²) in [5.41, 5.74) is 0.0684. The Bertz CT molecular complexity index is 485. The molecule has 1 heterocycles. The third kappa shape index (κ3) is 2.22. The number of ketones is 1. The zero-order valence-corrected chi connectivity index (χ0v) is 9.83. The van der Waals surface area contributed by atoms with E-state index in [9.17, 15) is 9.18 Å². The molecule has 0 unspecified atom stereocenters. The molecule has 0 aliphatic heterocycles. The molecule has 0 amide bonds. The molecule has 0 bridgehead atoms. The van der Waals surface area contributed by atoms with Crippen LogP contribution in [0.25, 0.3) is 0 Å². The SMILES string of the molecule is O=C(Cc1ccco1)c1c(F)cccc1Br. The summed E-state index contributed by atoms with van der Waals surface area (Å²) in [6.45, 7) is 0. The highest BCUT2D eigenvalue weighted by Gasteiger charge is 2.16. The van der Waals surface area contributed by atoms with E-state index in [2.05, 4.69) is 15.9 Å². The third-order valence-corrected chi connectivity index (χ3v) is 2.82. The Balaban J connectivity index is 2.28. The Hall–Kier alpha value is -1.42. The van der Waals surface area contributed by atoms with Gasteiger partial charge in [0.1, 0.15) is 11.6 Å². The van der Waals surface area contributed by atoms with Crippen LogP contribution in [0.5, 0.6) is 0 Å². The average molecular weight is 283 g/mol. The van der Waals surface area contributed by atoms with Crippen LogP contribution < -0.4 is 0 Å². The summed E-state index contributed by atoms with van der Waals surface area (Å²) in [4.78, 5) is 11.8. The second-order valence-corrected chi connectivity index (χ2v) is 4.13. The van der Waals surface area contributed by atoms with Gasteiger partial charge in [0.25, 0.3) is 0 Å². The number of furan rings is 1.